The molecule has 1 atom stereocenters. The number of carbonyl (C=O) groups is 1. The summed E-state index contributed by atoms with van der Waals surface area (Å²) < 4.78 is 0.329. The van der Waals surface area contributed by atoms with Crippen LogP contribution in [0, 0.1) is 0 Å². The normalized spacial score (nSPS) is 14.4. The van der Waals surface area contributed by atoms with Gasteiger partial charge in [-0.25, -0.2) is 0 Å². The summed E-state index contributed by atoms with van der Waals surface area (Å²) in [5.74, 6) is 0.958. The Morgan fingerprint density at radius 2 is 2.08 bits per heavy atom. The van der Waals surface area contributed by atoms with Crippen LogP contribution in [0.4, 0.5) is 0 Å². The minimum atomic E-state index is -0.277. The molecule has 12 heavy (non-hydrogen) atoms. The average Bonchev–Trinajstić information content (AvgIpc) is 1.84. The van der Waals surface area contributed by atoms with Crippen molar-refractivity contribution in [1.29, 1.82) is 0 Å². The lowest BCUT2D eigenvalue weighted by molar-refractivity contribution is -0.110. The molecule has 0 spiro atoms. The van der Waals surface area contributed by atoms with E-state index in [1.54, 1.807) is 22.6 Å². The van der Waals surface area contributed by atoms with Crippen LogP contribution >= 0.6 is 34.4 Å². The van der Waals surface area contributed by atoms with E-state index in [0.717, 1.165) is 12.2 Å². The summed E-state index contributed by atoms with van der Waals surface area (Å²) in [5, 5.41) is 0. The number of thioether (sulfide) groups is 1. The Morgan fingerprint density at radius 1 is 1.58 bits per heavy atom. The van der Waals surface area contributed by atoms with Crippen molar-refractivity contribution in [2.75, 3.05) is 5.75 Å². The van der Waals surface area contributed by atoms with Gasteiger partial charge >= 0.3 is 0 Å². The summed E-state index contributed by atoms with van der Waals surface area (Å²) >= 11 is 3.60. The maximum atomic E-state index is 10.8. The molecule has 0 saturated heterocycles. The molecule has 0 aromatic rings. The predicted molar refractivity (Wildman–Crippen MR) is 63.8 cm³/mol. The van der Waals surface area contributed by atoms with Gasteiger partial charge in [-0.05, 0) is 12.2 Å². The Kier molecular flexibility index (Phi) is 5.76. The Labute approximate surface area is 92.2 Å². The molecule has 0 heterocycles. The summed E-state index contributed by atoms with van der Waals surface area (Å²) in [6.07, 6.45) is 0.781. The first-order valence-electron chi connectivity index (χ1n) is 3.92. The second-order valence-corrected chi connectivity index (χ2v) is 6.64. The zero-order chi connectivity index (χ0) is 9.78. The SMILES string of the molecule is CC(C)(C)SCC[C@H](N)C(=O)I. The summed E-state index contributed by atoms with van der Waals surface area (Å²) in [5.41, 5.74) is 5.58. The van der Waals surface area contributed by atoms with Crippen molar-refractivity contribution in [3.63, 3.8) is 0 Å². The van der Waals surface area contributed by atoms with Crippen LogP contribution in [0.1, 0.15) is 27.2 Å². The molecule has 0 aliphatic heterocycles. The number of hydrogen-bond acceptors (Lipinski definition) is 3. The first kappa shape index (κ1) is 12.7. The van der Waals surface area contributed by atoms with Crippen molar-refractivity contribution in [3.05, 3.63) is 0 Å². The van der Waals surface area contributed by atoms with Crippen molar-refractivity contribution in [2.45, 2.75) is 38.0 Å². The lowest BCUT2D eigenvalue weighted by atomic mass is 10.3. The highest BCUT2D eigenvalue weighted by molar-refractivity contribution is 14.1. The van der Waals surface area contributed by atoms with Gasteiger partial charge in [-0.1, -0.05) is 20.8 Å². The maximum Gasteiger partial charge on any atom is 0.208 e. The van der Waals surface area contributed by atoms with E-state index in [9.17, 15) is 4.79 Å². The molecular formula is C8H16INOS. The Hall–Kier alpha value is 0.710. The number of halogens is 1. The molecule has 0 saturated carbocycles. The molecule has 0 fully saturated rings. The molecule has 4 heteroatoms. The van der Waals surface area contributed by atoms with E-state index in [2.05, 4.69) is 20.8 Å². The van der Waals surface area contributed by atoms with Crippen molar-refractivity contribution in [2.24, 2.45) is 5.73 Å². The fourth-order valence-corrected chi connectivity index (χ4v) is 1.90. The molecule has 2 N–H and O–H groups in total. The number of nitrogens with two attached hydrogens (primary N) is 1. The number of carbonyl (C=O) groups excluding carboxylic acids is 1. The molecule has 0 amide bonds. The molecular weight excluding hydrogens is 285 g/mol. The van der Waals surface area contributed by atoms with Crippen LogP contribution in [0.3, 0.4) is 0 Å². The molecule has 0 aliphatic carbocycles. The van der Waals surface area contributed by atoms with Crippen molar-refractivity contribution >= 4 is 38.1 Å². The van der Waals surface area contributed by atoms with Gasteiger partial charge in [0.25, 0.3) is 0 Å². The highest BCUT2D eigenvalue weighted by Gasteiger charge is 2.13. The summed E-state index contributed by atoms with van der Waals surface area (Å²) in [6, 6.07) is -0.277. The highest BCUT2D eigenvalue weighted by atomic mass is 127. The van der Waals surface area contributed by atoms with Gasteiger partial charge in [-0.3, -0.25) is 4.79 Å². The van der Waals surface area contributed by atoms with Crippen LogP contribution < -0.4 is 5.73 Å². The van der Waals surface area contributed by atoms with E-state index >= 15 is 0 Å². The molecule has 72 valence electrons. The van der Waals surface area contributed by atoms with Crippen molar-refractivity contribution in [1.82, 2.24) is 0 Å². The van der Waals surface area contributed by atoms with Gasteiger partial charge < -0.3 is 5.73 Å². The maximum absolute atomic E-state index is 10.8. The lowest BCUT2D eigenvalue weighted by Crippen LogP contribution is -2.27. The largest absolute Gasteiger partial charge is 0.321 e. The second-order valence-electron chi connectivity index (χ2n) is 3.66. The zero-order valence-electron chi connectivity index (χ0n) is 7.76. The fourth-order valence-electron chi connectivity index (χ4n) is 0.606. The van der Waals surface area contributed by atoms with Gasteiger partial charge in [0.1, 0.15) is 0 Å². The molecule has 0 aliphatic rings. The number of rotatable bonds is 4. The van der Waals surface area contributed by atoms with E-state index < -0.39 is 0 Å². The third-order valence-corrected chi connectivity index (χ3v) is 3.36. The van der Waals surface area contributed by atoms with Crippen LogP contribution in [0.15, 0.2) is 0 Å². The van der Waals surface area contributed by atoms with Gasteiger partial charge in [-0.2, -0.15) is 11.8 Å². The van der Waals surface area contributed by atoms with Crippen LogP contribution in [0.25, 0.3) is 0 Å². The summed E-state index contributed by atoms with van der Waals surface area (Å²) in [7, 11) is 0. The van der Waals surface area contributed by atoms with Crippen molar-refractivity contribution < 1.29 is 4.79 Å². The van der Waals surface area contributed by atoms with Gasteiger partial charge in [0.2, 0.25) is 3.79 Å². The van der Waals surface area contributed by atoms with E-state index in [0.29, 0.717) is 0 Å². The van der Waals surface area contributed by atoms with Crippen LogP contribution in [0.2, 0.25) is 0 Å². The van der Waals surface area contributed by atoms with Crippen LogP contribution in [-0.2, 0) is 4.79 Å². The topological polar surface area (TPSA) is 43.1 Å². The average molecular weight is 301 g/mol. The summed E-state index contributed by atoms with van der Waals surface area (Å²) in [4.78, 5) is 10.8. The van der Waals surface area contributed by atoms with E-state index in [1.165, 1.54) is 0 Å². The zero-order valence-corrected chi connectivity index (χ0v) is 10.7. The third-order valence-electron chi connectivity index (χ3n) is 1.26. The van der Waals surface area contributed by atoms with Gasteiger partial charge in [-0.15, -0.1) is 0 Å². The fraction of sp³-hybridized carbons (Fsp3) is 0.875. The predicted octanol–water partition coefficient (Wildman–Crippen LogP) is 2.20. The Balaban J connectivity index is 3.51. The minimum Gasteiger partial charge on any atom is -0.321 e. The van der Waals surface area contributed by atoms with Crippen LogP contribution in [0.5, 0.6) is 0 Å². The quantitative estimate of drug-likeness (QED) is 0.639. The molecule has 0 rings (SSSR count). The van der Waals surface area contributed by atoms with E-state index in [-0.39, 0.29) is 14.6 Å². The van der Waals surface area contributed by atoms with Crippen LogP contribution in [-0.4, -0.2) is 20.3 Å². The van der Waals surface area contributed by atoms with Gasteiger partial charge in [0.05, 0.1) is 6.04 Å². The highest BCUT2D eigenvalue weighted by Crippen LogP contribution is 2.24. The molecule has 2 nitrogen and oxygen atoms in total. The van der Waals surface area contributed by atoms with Gasteiger partial charge in [0, 0.05) is 27.3 Å². The Morgan fingerprint density at radius 3 is 2.42 bits per heavy atom. The number of hydrogen-bond donors (Lipinski definition) is 1. The summed E-state index contributed by atoms with van der Waals surface area (Å²) in [6.45, 7) is 6.49. The second kappa shape index (κ2) is 5.44. The third kappa shape index (κ3) is 7.36. The lowest BCUT2D eigenvalue weighted by Gasteiger charge is -2.18. The molecule has 0 aromatic heterocycles. The standard InChI is InChI=1S/C8H16INOS/c1-8(2,3)12-5-4-6(10)7(9)11/h6H,4-5,10H2,1-3H3/t6-/m0/s1. The first-order valence-corrected chi connectivity index (χ1v) is 5.98. The van der Waals surface area contributed by atoms with E-state index in [1.807, 2.05) is 11.8 Å². The molecule has 0 unspecified atom stereocenters. The monoisotopic (exact) mass is 301 g/mol. The molecule has 0 bridgehead atoms. The Bertz CT molecular complexity index is 156. The van der Waals surface area contributed by atoms with Crippen molar-refractivity contribution in [3.8, 4) is 0 Å². The molecule has 0 aromatic carbocycles. The van der Waals surface area contributed by atoms with Gasteiger partial charge in [0.15, 0.2) is 0 Å². The smallest absolute Gasteiger partial charge is 0.208 e. The minimum absolute atomic E-state index is 0.0575. The van der Waals surface area contributed by atoms with E-state index in [4.69, 9.17) is 5.73 Å². The first-order chi connectivity index (χ1) is 5.33. The molecule has 0 radical (unpaired) electrons.